The average Bonchev–Trinajstić information content (AvgIpc) is 1.56. The lowest BCUT2D eigenvalue weighted by atomic mass is 9.90. The molecule has 4 bridgehead atoms. The van der Waals surface area contributed by atoms with Gasteiger partial charge in [-0.05, 0) is 119 Å². The Labute approximate surface area is 522 Å². The zero-order valence-electron chi connectivity index (χ0n) is 51.4. The fourth-order valence-corrected chi connectivity index (χ4v) is 13.6. The highest BCUT2D eigenvalue weighted by atomic mass is 32.1. The van der Waals surface area contributed by atoms with Gasteiger partial charge in [0.2, 0.25) is 23.0 Å². The van der Waals surface area contributed by atoms with Crippen LogP contribution in [0.1, 0.15) is 22.3 Å². The quantitative estimate of drug-likeness (QED) is 0.0641. The predicted octanol–water partition coefficient (Wildman–Crippen LogP) is 17.4. The molecule has 452 valence electrons. The third-order valence-corrected chi connectivity index (χ3v) is 18.2. The van der Waals surface area contributed by atoms with Crippen LogP contribution in [0.15, 0.2) is 158 Å². The van der Waals surface area contributed by atoms with Crippen molar-refractivity contribution in [1.82, 2.24) is 0 Å². The van der Waals surface area contributed by atoms with E-state index in [0.29, 0.717) is 69.0 Å². The van der Waals surface area contributed by atoms with Crippen LogP contribution in [0.5, 0.6) is 69.0 Å². The van der Waals surface area contributed by atoms with E-state index < -0.39 is 0 Å². The first kappa shape index (κ1) is 60.1. The van der Waals surface area contributed by atoms with Crippen molar-refractivity contribution in [3.63, 3.8) is 0 Å². The number of hydrogen-bond donors (Lipinski definition) is 0. The van der Waals surface area contributed by atoms with E-state index in [0.717, 1.165) is 70.9 Å². The molecule has 0 fully saturated rings. The molecule has 0 unspecified atom stereocenters. The summed E-state index contributed by atoms with van der Waals surface area (Å²) in [5, 5.41) is 0. The Morgan fingerprint density at radius 3 is 0.761 bits per heavy atom. The summed E-state index contributed by atoms with van der Waals surface area (Å²) in [4.78, 5) is 9.02. The molecular weight excluding hydrogens is 1150 g/mol. The third kappa shape index (κ3) is 11.7. The molecule has 0 aliphatic heterocycles. The van der Waals surface area contributed by atoms with Gasteiger partial charge in [0.1, 0.15) is 0 Å². The van der Waals surface area contributed by atoms with Gasteiger partial charge in [-0.25, -0.2) is 0 Å². The van der Waals surface area contributed by atoms with Crippen molar-refractivity contribution in [3.8, 4) is 111 Å². The van der Waals surface area contributed by atoms with Crippen molar-refractivity contribution in [2.75, 3.05) is 95.1 Å². The van der Waals surface area contributed by atoms with Crippen LogP contribution in [0.4, 0.5) is 34.1 Å². The molecule has 4 aliphatic carbocycles. The Balaban J connectivity index is 0.853. The van der Waals surface area contributed by atoms with Crippen LogP contribution < -0.4 is 66.6 Å². The molecule has 10 aromatic rings. The van der Waals surface area contributed by atoms with E-state index in [9.17, 15) is 0 Å². The first-order chi connectivity index (χ1) is 43.0. The van der Waals surface area contributed by atoms with Crippen molar-refractivity contribution in [2.24, 2.45) is 0 Å². The molecule has 4 aliphatic rings. The van der Waals surface area contributed by atoms with E-state index in [1.165, 1.54) is 52.9 Å². The Morgan fingerprint density at radius 1 is 0.250 bits per heavy atom. The lowest BCUT2D eigenvalue weighted by molar-refractivity contribution is 0.324. The molecule has 0 saturated carbocycles. The Bertz CT molecular complexity index is 3630. The molecule has 8 aromatic carbocycles. The zero-order valence-corrected chi connectivity index (χ0v) is 53.1. The van der Waals surface area contributed by atoms with Gasteiger partial charge < -0.3 is 66.6 Å². The molecule has 14 rings (SSSR count). The van der Waals surface area contributed by atoms with Crippen molar-refractivity contribution in [3.05, 3.63) is 180 Å². The largest absolute Gasteiger partial charge is 0.493 e. The lowest BCUT2D eigenvalue weighted by Gasteiger charge is -2.28. The van der Waals surface area contributed by atoms with E-state index in [4.69, 9.17) is 56.8 Å². The number of hydrogen-bond acceptors (Lipinski definition) is 16. The number of benzene rings is 8. The molecule has 0 saturated heterocycles. The van der Waals surface area contributed by atoms with Crippen molar-refractivity contribution >= 4 is 56.8 Å². The standard InChI is InChI=1S/C72H70N2O12S2/c1-75-57-35-51(36-58(76-2)69(57)83-9)73(52-37-59(77-3)70(84-10)60(38-52)78-4)49-25-21-47(22-26-49)65-29-31-67(87-65)55-33-43-13-17-45(55)19-15-44-14-18-46(20-16-43)56(34-44)68-32-30-66(88-68)48-23-27-50(28-24-48)74(53-39-61(79-5)71(85-11)62(40-53)80-6)54-41-63(81-7)72(86-12)64(42-54)82-8/h13-14,17-18,21-42H,15-16,19-20H2,1-12H3. The maximum Gasteiger partial charge on any atom is 0.203 e. The SMILES string of the molecule is COc1cc(N(c2ccc(-c3ccc(-c4cc5ccc4CCc4ccc(c(-c6ccc(-c7ccc(N(c8cc(OC)c(OC)c(OC)c8)c8cc(OC)c(OC)c(OC)c8)cc7)s6)c4)CC5)s3)cc2)c2cc(OC)c(OC)c(OC)c2)cc(OC)c1OC. The lowest BCUT2D eigenvalue weighted by Crippen LogP contribution is -2.11. The number of thiophene rings is 2. The summed E-state index contributed by atoms with van der Waals surface area (Å²) in [6.07, 6.45) is 3.61. The van der Waals surface area contributed by atoms with Crippen LogP contribution in [-0.4, -0.2) is 85.3 Å². The normalized spacial score (nSPS) is 11.7. The van der Waals surface area contributed by atoms with E-state index >= 15 is 0 Å². The van der Waals surface area contributed by atoms with E-state index in [1.54, 1.807) is 85.3 Å². The topological polar surface area (TPSA) is 117 Å². The summed E-state index contributed by atoms with van der Waals surface area (Å²) >= 11 is 3.63. The molecule has 0 radical (unpaired) electrons. The second kappa shape index (κ2) is 26.5. The second-order valence-corrected chi connectivity index (χ2v) is 22.8. The fourth-order valence-electron chi connectivity index (χ4n) is 11.5. The Kier molecular flexibility index (Phi) is 18.1. The number of nitrogens with zero attached hydrogens (tertiary/aromatic N) is 2. The van der Waals surface area contributed by atoms with Gasteiger partial charge in [-0.3, -0.25) is 0 Å². The number of aryl methyl sites for hydroxylation is 4. The van der Waals surface area contributed by atoms with Gasteiger partial charge in [0.25, 0.3) is 0 Å². The molecule has 0 N–H and O–H groups in total. The average molecular weight is 1220 g/mol. The molecule has 2 aromatic heterocycles. The van der Waals surface area contributed by atoms with Crippen LogP contribution in [0.3, 0.4) is 0 Å². The summed E-state index contributed by atoms with van der Waals surface area (Å²) in [5.74, 6) is 6.12. The highest BCUT2D eigenvalue weighted by Crippen LogP contribution is 2.52. The molecule has 0 amide bonds. The monoisotopic (exact) mass is 1220 g/mol. The Morgan fingerprint density at radius 2 is 0.511 bits per heavy atom. The van der Waals surface area contributed by atoms with Crippen LogP contribution in [0, 0.1) is 0 Å². The Hall–Kier alpha value is -9.64. The molecule has 14 nitrogen and oxygen atoms in total. The summed E-state index contributed by atoms with van der Waals surface area (Å²) in [5.41, 5.74) is 14.9. The van der Waals surface area contributed by atoms with Gasteiger partial charge in [-0.2, -0.15) is 0 Å². The van der Waals surface area contributed by atoms with Crippen molar-refractivity contribution in [1.29, 1.82) is 0 Å². The highest BCUT2D eigenvalue weighted by molar-refractivity contribution is 7.19. The summed E-state index contributed by atoms with van der Waals surface area (Å²) in [7, 11) is 19.3. The first-order valence-corrected chi connectivity index (χ1v) is 30.1. The summed E-state index contributed by atoms with van der Waals surface area (Å²) < 4.78 is 69.4. The summed E-state index contributed by atoms with van der Waals surface area (Å²) in [6, 6.07) is 55.7. The predicted molar refractivity (Wildman–Crippen MR) is 353 cm³/mol. The number of ether oxygens (including phenoxy) is 12. The number of anilines is 6. The minimum Gasteiger partial charge on any atom is -0.493 e. The van der Waals surface area contributed by atoms with Crippen LogP contribution in [-0.2, 0) is 25.7 Å². The zero-order chi connectivity index (χ0) is 61.6. The van der Waals surface area contributed by atoms with Gasteiger partial charge >= 0.3 is 0 Å². The van der Waals surface area contributed by atoms with Crippen LogP contribution in [0.2, 0.25) is 0 Å². The molecule has 16 heteroatoms. The van der Waals surface area contributed by atoms with Gasteiger partial charge in [0.15, 0.2) is 46.0 Å². The van der Waals surface area contributed by atoms with Crippen LogP contribution >= 0.6 is 22.7 Å². The molecule has 0 atom stereocenters. The van der Waals surface area contributed by atoms with E-state index in [1.807, 2.05) is 71.2 Å². The second-order valence-electron chi connectivity index (χ2n) is 20.6. The minimum atomic E-state index is 0.494. The molecule has 2 heterocycles. The minimum absolute atomic E-state index is 0.494. The van der Waals surface area contributed by atoms with Gasteiger partial charge in [-0.15, -0.1) is 22.7 Å². The van der Waals surface area contributed by atoms with E-state index in [-0.39, 0.29) is 0 Å². The van der Waals surface area contributed by atoms with E-state index in [2.05, 4.69) is 119 Å². The highest BCUT2D eigenvalue weighted by Gasteiger charge is 2.26. The number of methoxy groups -OCH3 is 12. The maximum atomic E-state index is 5.82. The van der Waals surface area contributed by atoms with Crippen molar-refractivity contribution in [2.45, 2.75) is 25.7 Å². The first-order valence-electron chi connectivity index (χ1n) is 28.5. The van der Waals surface area contributed by atoms with Gasteiger partial charge in [0, 0.05) is 79.4 Å². The smallest absolute Gasteiger partial charge is 0.203 e. The van der Waals surface area contributed by atoms with Crippen molar-refractivity contribution < 1.29 is 56.8 Å². The number of rotatable bonds is 22. The fraction of sp³-hybridized carbons (Fsp3) is 0.222. The van der Waals surface area contributed by atoms with Gasteiger partial charge in [0.05, 0.1) is 108 Å². The third-order valence-electron chi connectivity index (χ3n) is 15.9. The maximum absolute atomic E-state index is 5.82. The molecular formula is C72H70N2O12S2. The van der Waals surface area contributed by atoms with Crippen LogP contribution in [0.25, 0.3) is 41.8 Å². The molecule has 0 spiro atoms. The molecule has 88 heavy (non-hydrogen) atoms. The summed E-state index contributed by atoms with van der Waals surface area (Å²) in [6.45, 7) is 0. The van der Waals surface area contributed by atoms with Gasteiger partial charge in [-0.1, -0.05) is 60.7 Å².